The molecule has 1 amide bonds. The van der Waals surface area contributed by atoms with E-state index in [1.54, 1.807) is 42.7 Å². The van der Waals surface area contributed by atoms with Gasteiger partial charge in [-0.3, -0.25) is 14.6 Å². The highest BCUT2D eigenvalue weighted by Gasteiger charge is 2.46. The van der Waals surface area contributed by atoms with Gasteiger partial charge in [-0.2, -0.15) is 0 Å². The van der Waals surface area contributed by atoms with E-state index >= 15 is 0 Å². The lowest BCUT2D eigenvalue weighted by atomic mass is 9.93. The smallest absolute Gasteiger partial charge is 0.295 e. The van der Waals surface area contributed by atoms with Gasteiger partial charge < -0.3 is 10.0 Å². The maximum atomic E-state index is 13.1. The van der Waals surface area contributed by atoms with Gasteiger partial charge in [-0.25, -0.2) is 0 Å². The minimum atomic E-state index is -0.716. The molecular weight excluding hydrogens is 424 g/mol. The minimum Gasteiger partial charge on any atom is -0.507 e. The van der Waals surface area contributed by atoms with E-state index < -0.39 is 17.7 Å². The highest BCUT2D eigenvalue weighted by Crippen LogP contribution is 2.40. The average molecular weight is 447 g/mol. The number of aromatic nitrogens is 1. The fourth-order valence-electron chi connectivity index (χ4n) is 3.90. The van der Waals surface area contributed by atoms with Crippen molar-refractivity contribution in [1.82, 2.24) is 9.88 Å². The topological polar surface area (TPSA) is 70.5 Å². The number of amides is 1. The van der Waals surface area contributed by atoms with E-state index in [2.05, 4.69) is 18.8 Å². The lowest BCUT2D eigenvalue weighted by Gasteiger charge is -2.25. The summed E-state index contributed by atoms with van der Waals surface area (Å²) in [7, 11) is 0. The second-order valence-corrected chi connectivity index (χ2v) is 8.55. The first-order valence-electron chi connectivity index (χ1n) is 10.4. The Morgan fingerprint density at radius 3 is 2.34 bits per heavy atom. The molecule has 1 aromatic heterocycles. The van der Waals surface area contributed by atoms with E-state index in [0.717, 1.165) is 16.7 Å². The Morgan fingerprint density at radius 1 is 1.06 bits per heavy atom. The molecule has 5 nitrogen and oxygen atoms in total. The third-order valence-corrected chi connectivity index (χ3v) is 5.90. The van der Waals surface area contributed by atoms with Crippen molar-refractivity contribution in [2.75, 3.05) is 0 Å². The highest BCUT2D eigenvalue weighted by molar-refractivity contribution is 6.46. The molecule has 4 rings (SSSR count). The van der Waals surface area contributed by atoms with Gasteiger partial charge in [0, 0.05) is 29.5 Å². The molecule has 1 fully saturated rings. The largest absolute Gasteiger partial charge is 0.507 e. The van der Waals surface area contributed by atoms with Crippen LogP contribution in [-0.4, -0.2) is 26.7 Å². The molecule has 1 atom stereocenters. The first kappa shape index (κ1) is 21.8. The summed E-state index contributed by atoms with van der Waals surface area (Å²) >= 11 is 5.97. The third-order valence-electron chi connectivity index (χ3n) is 5.65. The molecule has 0 aliphatic carbocycles. The first-order valence-corrected chi connectivity index (χ1v) is 10.8. The van der Waals surface area contributed by atoms with Gasteiger partial charge in [0.2, 0.25) is 0 Å². The molecule has 0 radical (unpaired) electrons. The van der Waals surface area contributed by atoms with Gasteiger partial charge in [0.05, 0.1) is 11.6 Å². The van der Waals surface area contributed by atoms with Crippen LogP contribution in [0.15, 0.2) is 78.6 Å². The van der Waals surface area contributed by atoms with Crippen molar-refractivity contribution in [2.24, 2.45) is 0 Å². The first-order chi connectivity index (χ1) is 15.4. The summed E-state index contributed by atoms with van der Waals surface area (Å²) in [6, 6.07) is 17.3. The molecule has 0 saturated carbocycles. The number of Topliss-reactive ketones (excluding diaryl/α,β-unsaturated/α-hetero) is 1. The van der Waals surface area contributed by atoms with E-state index in [-0.39, 0.29) is 17.9 Å². The summed E-state index contributed by atoms with van der Waals surface area (Å²) in [6.07, 6.45) is 3.32. The summed E-state index contributed by atoms with van der Waals surface area (Å²) in [5.74, 6) is -1.23. The summed E-state index contributed by atoms with van der Waals surface area (Å²) in [6.45, 7) is 4.40. The molecule has 1 aliphatic heterocycles. The Hall–Kier alpha value is -3.44. The van der Waals surface area contributed by atoms with Gasteiger partial charge in [0.15, 0.2) is 0 Å². The zero-order valence-electron chi connectivity index (χ0n) is 17.8. The zero-order valence-corrected chi connectivity index (χ0v) is 18.6. The van der Waals surface area contributed by atoms with Crippen LogP contribution in [0.25, 0.3) is 5.76 Å². The SMILES string of the molecule is CC(C)c1ccc([C@@H]2/C(=C(\O)c3ccc(Cl)cc3)C(=O)C(=O)N2Cc2cccnc2)cc1. The molecule has 0 unspecified atom stereocenters. The molecule has 2 aromatic carbocycles. The van der Waals surface area contributed by atoms with E-state index in [0.29, 0.717) is 16.5 Å². The predicted octanol–water partition coefficient (Wildman–Crippen LogP) is 5.48. The number of carbonyl (C=O) groups excluding carboxylic acids is 2. The van der Waals surface area contributed by atoms with Crippen LogP contribution in [0.1, 0.15) is 48.1 Å². The Labute approximate surface area is 192 Å². The van der Waals surface area contributed by atoms with Crippen molar-refractivity contribution >= 4 is 29.1 Å². The Kier molecular flexibility index (Phi) is 6.10. The van der Waals surface area contributed by atoms with Crippen molar-refractivity contribution in [3.8, 4) is 0 Å². The van der Waals surface area contributed by atoms with Crippen LogP contribution in [0, 0.1) is 0 Å². The summed E-state index contributed by atoms with van der Waals surface area (Å²) in [5.41, 5.74) is 3.20. The van der Waals surface area contributed by atoms with Gasteiger partial charge in [-0.15, -0.1) is 0 Å². The number of halogens is 1. The molecule has 162 valence electrons. The molecular formula is C26H23ClN2O3. The second kappa shape index (κ2) is 8.97. The van der Waals surface area contributed by atoms with E-state index in [9.17, 15) is 14.7 Å². The number of hydrogen-bond acceptors (Lipinski definition) is 4. The van der Waals surface area contributed by atoms with Gasteiger partial charge in [0.25, 0.3) is 11.7 Å². The molecule has 32 heavy (non-hydrogen) atoms. The second-order valence-electron chi connectivity index (χ2n) is 8.12. The normalized spacial score (nSPS) is 17.9. The molecule has 1 N–H and O–H groups in total. The Morgan fingerprint density at radius 2 is 1.75 bits per heavy atom. The van der Waals surface area contributed by atoms with Gasteiger partial charge in [0.1, 0.15) is 5.76 Å². The molecule has 0 bridgehead atoms. The number of ketones is 1. The molecule has 2 heterocycles. The third kappa shape index (κ3) is 4.16. The van der Waals surface area contributed by atoms with Crippen LogP contribution in [0.5, 0.6) is 0 Å². The van der Waals surface area contributed by atoms with E-state index in [1.165, 1.54) is 4.90 Å². The van der Waals surface area contributed by atoms with Crippen molar-refractivity contribution in [3.63, 3.8) is 0 Å². The number of rotatable bonds is 5. The Bertz CT molecular complexity index is 1170. The number of carbonyl (C=O) groups is 2. The van der Waals surface area contributed by atoms with Crippen molar-refractivity contribution in [2.45, 2.75) is 32.4 Å². The standard InChI is InChI=1S/C26H23ClN2O3/c1-16(2)18-5-7-19(8-6-18)23-22(24(30)20-9-11-21(27)12-10-20)25(31)26(32)29(23)15-17-4-3-13-28-14-17/h3-14,16,23,30H,15H2,1-2H3/b24-22+/t23-/m1/s1. The van der Waals surface area contributed by atoms with Gasteiger partial charge in [-0.1, -0.05) is 55.8 Å². The van der Waals surface area contributed by atoms with Gasteiger partial charge in [-0.05, 0) is 52.9 Å². The fourth-order valence-corrected chi connectivity index (χ4v) is 4.03. The molecule has 1 aliphatic rings. The molecule has 3 aromatic rings. The number of aliphatic hydroxyl groups excluding tert-OH is 1. The molecule has 1 saturated heterocycles. The number of aliphatic hydroxyl groups is 1. The number of nitrogens with zero attached hydrogens (tertiary/aromatic N) is 2. The van der Waals surface area contributed by atoms with Crippen LogP contribution in [0.3, 0.4) is 0 Å². The van der Waals surface area contributed by atoms with Crippen LogP contribution in [0.2, 0.25) is 5.02 Å². The van der Waals surface area contributed by atoms with Crippen LogP contribution >= 0.6 is 11.6 Å². The Balaban J connectivity index is 1.84. The van der Waals surface area contributed by atoms with E-state index in [4.69, 9.17) is 11.6 Å². The van der Waals surface area contributed by atoms with Crippen molar-refractivity contribution in [3.05, 3.63) is 106 Å². The number of likely N-dealkylation sites (tertiary alicyclic amines) is 1. The molecule has 6 heteroatoms. The summed E-state index contributed by atoms with van der Waals surface area (Å²) < 4.78 is 0. The maximum absolute atomic E-state index is 13.1. The van der Waals surface area contributed by atoms with Crippen LogP contribution in [-0.2, 0) is 16.1 Å². The maximum Gasteiger partial charge on any atom is 0.295 e. The van der Waals surface area contributed by atoms with Crippen LogP contribution < -0.4 is 0 Å². The van der Waals surface area contributed by atoms with E-state index in [1.807, 2.05) is 30.3 Å². The summed E-state index contributed by atoms with van der Waals surface area (Å²) in [5, 5.41) is 11.6. The number of pyridine rings is 1. The molecule has 0 spiro atoms. The number of benzene rings is 2. The van der Waals surface area contributed by atoms with Crippen molar-refractivity contribution < 1.29 is 14.7 Å². The van der Waals surface area contributed by atoms with Crippen molar-refractivity contribution in [1.29, 1.82) is 0 Å². The quantitative estimate of drug-likeness (QED) is 0.320. The van der Waals surface area contributed by atoms with Crippen LogP contribution in [0.4, 0.5) is 0 Å². The van der Waals surface area contributed by atoms with Gasteiger partial charge >= 0.3 is 0 Å². The lowest BCUT2D eigenvalue weighted by Crippen LogP contribution is -2.29. The number of hydrogen-bond donors (Lipinski definition) is 1. The lowest BCUT2D eigenvalue weighted by molar-refractivity contribution is -0.140. The summed E-state index contributed by atoms with van der Waals surface area (Å²) in [4.78, 5) is 31.8. The average Bonchev–Trinajstić information content (AvgIpc) is 3.05. The fraction of sp³-hybridized carbons (Fsp3) is 0.192. The minimum absolute atomic E-state index is 0.0681. The highest BCUT2D eigenvalue weighted by atomic mass is 35.5. The monoisotopic (exact) mass is 446 g/mol. The zero-order chi connectivity index (χ0) is 22.8. The predicted molar refractivity (Wildman–Crippen MR) is 124 cm³/mol.